The van der Waals surface area contributed by atoms with E-state index in [0.717, 1.165) is 57.9 Å². The van der Waals surface area contributed by atoms with E-state index in [-0.39, 0.29) is 30.0 Å². The molecule has 4 rings (SSSR count). The van der Waals surface area contributed by atoms with Crippen molar-refractivity contribution in [2.24, 2.45) is 17.8 Å². The third-order valence-corrected chi connectivity index (χ3v) is 9.34. The number of carboxylic acids is 1. The minimum atomic E-state index is -0.709. The van der Waals surface area contributed by atoms with Crippen molar-refractivity contribution in [3.63, 3.8) is 0 Å². The van der Waals surface area contributed by atoms with Gasteiger partial charge in [-0.05, 0) is 61.8 Å². The van der Waals surface area contributed by atoms with Crippen LogP contribution in [0.4, 0.5) is 0 Å². The Bertz CT molecular complexity index is 756. The number of nitrogens with one attached hydrogen (secondary N) is 1. The number of aliphatic hydroxyl groups excluding tert-OH is 2. The summed E-state index contributed by atoms with van der Waals surface area (Å²) in [5.41, 5.74) is -0.0668. The summed E-state index contributed by atoms with van der Waals surface area (Å²) in [6, 6.07) is 4.79. The van der Waals surface area contributed by atoms with Gasteiger partial charge in [0.1, 0.15) is 0 Å². The van der Waals surface area contributed by atoms with E-state index in [1.807, 2.05) is 0 Å². The van der Waals surface area contributed by atoms with E-state index in [1.54, 1.807) is 11.3 Å². The van der Waals surface area contributed by atoms with E-state index < -0.39 is 5.97 Å². The number of unbranched alkanes of at least 4 members (excludes halogenated alkanes) is 3. The number of hydrogen-bond acceptors (Lipinski definition) is 5. The second kappa shape index (κ2) is 10.8. The van der Waals surface area contributed by atoms with Gasteiger partial charge < -0.3 is 20.6 Å². The molecule has 5 nitrogen and oxygen atoms in total. The van der Waals surface area contributed by atoms with Crippen LogP contribution in [0, 0.1) is 17.8 Å². The Morgan fingerprint density at radius 1 is 1.28 bits per heavy atom. The van der Waals surface area contributed by atoms with Gasteiger partial charge in [0.15, 0.2) is 0 Å². The summed E-state index contributed by atoms with van der Waals surface area (Å²) in [4.78, 5) is 12.0. The first kappa shape index (κ1) is 23.9. The van der Waals surface area contributed by atoms with E-state index in [2.05, 4.69) is 35.0 Å². The normalized spacial score (nSPS) is 32.1. The van der Waals surface area contributed by atoms with Crippen molar-refractivity contribution < 1.29 is 20.1 Å². The number of carbonyl (C=O) groups is 1. The Morgan fingerprint density at radius 3 is 2.69 bits per heavy atom. The highest BCUT2D eigenvalue weighted by Crippen LogP contribution is 2.49. The molecule has 3 aliphatic rings. The number of aliphatic hydroxyl groups is 2. The summed E-state index contributed by atoms with van der Waals surface area (Å²) in [5, 5.41) is 36.2. The van der Waals surface area contributed by atoms with Crippen LogP contribution in [0.5, 0.6) is 0 Å². The Kier molecular flexibility index (Phi) is 8.09. The summed E-state index contributed by atoms with van der Waals surface area (Å²) < 4.78 is 0. The molecule has 2 aliphatic carbocycles. The van der Waals surface area contributed by atoms with Crippen LogP contribution >= 0.6 is 11.3 Å². The van der Waals surface area contributed by atoms with E-state index in [1.165, 1.54) is 11.3 Å². The third-order valence-electron chi connectivity index (χ3n) is 8.25. The van der Waals surface area contributed by atoms with Crippen LogP contribution in [-0.4, -0.2) is 46.1 Å². The Labute approximate surface area is 195 Å². The van der Waals surface area contributed by atoms with Crippen molar-refractivity contribution in [1.82, 2.24) is 5.32 Å². The topological polar surface area (TPSA) is 99.7 Å². The maximum atomic E-state index is 11.1. The fourth-order valence-corrected chi connectivity index (χ4v) is 7.19. The molecule has 0 spiro atoms. The molecule has 1 aromatic heterocycles. The lowest BCUT2D eigenvalue weighted by Crippen LogP contribution is -2.44. The fraction of sp³-hybridized carbons (Fsp3) is 0.731. The lowest BCUT2D eigenvalue weighted by molar-refractivity contribution is -0.137. The zero-order valence-corrected chi connectivity index (χ0v) is 19.8. The molecule has 3 fully saturated rings. The van der Waals surface area contributed by atoms with E-state index >= 15 is 0 Å². The van der Waals surface area contributed by atoms with E-state index in [9.17, 15) is 15.0 Å². The van der Waals surface area contributed by atoms with Gasteiger partial charge in [-0.1, -0.05) is 43.9 Å². The van der Waals surface area contributed by atoms with Crippen LogP contribution < -0.4 is 5.32 Å². The van der Waals surface area contributed by atoms with Crippen molar-refractivity contribution in [2.45, 2.75) is 94.3 Å². The zero-order chi connectivity index (χ0) is 22.6. The molecular formula is C26H39NO4S. The summed E-state index contributed by atoms with van der Waals surface area (Å²) in [7, 11) is 0. The summed E-state index contributed by atoms with van der Waals surface area (Å²) in [5.74, 6) is 0.437. The van der Waals surface area contributed by atoms with Gasteiger partial charge in [0, 0.05) is 35.2 Å². The average molecular weight is 462 g/mol. The maximum absolute atomic E-state index is 11.1. The molecule has 2 heterocycles. The van der Waals surface area contributed by atoms with Crippen LogP contribution in [0.1, 0.15) is 75.5 Å². The van der Waals surface area contributed by atoms with Gasteiger partial charge in [0.2, 0.25) is 0 Å². The van der Waals surface area contributed by atoms with E-state index in [4.69, 9.17) is 5.11 Å². The second-order valence-corrected chi connectivity index (χ2v) is 11.2. The summed E-state index contributed by atoms with van der Waals surface area (Å²) in [6.45, 7) is 1.06. The smallest absolute Gasteiger partial charge is 0.303 e. The molecule has 6 atom stereocenters. The van der Waals surface area contributed by atoms with Crippen molar-refractivity contribution in [2.75, 3.05) is 6.54 Å². The quantitative estimate of drug-likeness (QED) is 0.197. The molecule has 1 aromatic rings. The lowest BCUT2D eigenvalue weighted by atomic mass is 9.63. The summed E-state index contributed by atoms with van der Waals surface area (Å²) >= 11 is 1.76. The molecule has 4 N–H and O–H groups in total. The number of aliphatic carboxylic acids is 1. The largest absolute Gasteiger partial charge is 0.481 e. The maximum Gasteiger partial charge on any atom is 0.303 e. The fourth-order valence-electron chi connectivity index (χ4n) is 6.16. The van der Waals surface area contributed by atoms with Gasteiger partial charge in [-0.3, -0.25) is 4.79 Å². The minimum absolute atomic E-state index is 0.0668. The second-order valence-electron chi connectivity index (χ2n) is 10.2. The molecule has 1 saturated heterocycles. The minimum Gasteiger partial charge on any atom is -0.481 e. The first-order valence-corrected chi connectivity index (χ1v) is 13.4. The van der Waals surface area contributed by atoms with Crippen LogP contribution in [0.2, 0.25) is 0 Å². The molecule has 0 radical (unpaired) electrons. The number of thiophene rings is 1. The molecule has 1 aliphatic heterocycles. The molecule has 4 unspecified atom stereocenters. The van der Waals surface area contributed by atoms with Gasteiger partial charge >= 0.3 is 5.97 Å². The Morgan fingerprint density at radius 2 is 2.06 bits per heavy atom. The molecular weight excluding hydrogens is 422 g/mol. The van der Waals surface area contributed by atoms with Gasteiger partial charge in [-0.15, -0.1) is 11.3 Å². The van der Waals surface area contributed by atoms with E-state index in [0.29, 0.717) is 24.3 Å². The number of hydrogen-bond donors (Lipinski definition) is 4. The third kappa shape index (κ3) is 5.46. The Balaban J connectivity index is 1.31. The van der Waals surface area contributed by atoms with Crippen molar-refractivity contribution in [1.29, 1.82) is 0 Å². The molecule has 2 saturated carbocycles. The molecule has 6 heteroatoms. The first-order chi connectivity index (χ1) is 15.5. The number of rotatable bonds is 13. The van der Waals surface area contributed by atoms with Gasteiger partial charge in [0.25, 0.3) is 0 Å². The highest BCUT2D eigenvalue weighted by molar-refractivity contribution is 7.10. The SMILES string of the molecule is O=C(O)CCCCCC[C@H]1C(C2CN2)C[C@@H](O)C1/C=C/CC(O)C1(c2cccs2)CCC1. The highest BCUT2D eigenvalue weighted by Gasteiger charge is 2.47. The first-order valence-electron chi connectivity index (χ1n) is 12.5. The van der Waals surface area contributed by atoms with Gasteiger partial charge in [-0.25, -0.2) is 0 Å². The molecule has 178 valence electrons. The van der Waals surface area contributed by atoms with Crippen LogP contribution in [0.3, 0.4) is 0 Å². The monoisotopic (exact) mass is 461 g/mol. The molecule has 0 aromatic carbocycles. The molecule has 0 amide bonds. The van der Waals surface area contributed by atoms with Gasteiger partial charge in [0.05, 0.1) is 12.2 Å². The van der Waals surface area contributed by atoms with Crippen LogP contribution in [-0.2, 0) is 10.2 Å². The zero-order valence-electron chi connectivity index (χ0n) is 19.0. The standard InChI is InChI=1S/C26H39NO4S/c28-22-16-20(21-17-27-21)18(8-3-1-2-4-12-25(30)31)19(22)9-5-10-23(29)26(13-7-14-26)24-11-6-15-32-24/h5-6,9,11,15,18-23,27-29H,1-4,7-8,10,12-14,16-17H2,(H,30,31)/b9-5+/t18-,19?,20?,21?,22-,23?/m1/s1. The highest BCUT2D eigenvalue weighted by atomic mass is 32.1. The van der Waals surface area contributed by atoms with Crippen LogP contribution in [0.25, 0.3) is 0 Å². The predicted octanol–water partition coefficient (Wildman–Crippen LogP) is 4.49. The number of carboxylic acid groups (broad SMARTS) is 1. The summed E-state index contributed by atoms with van der Waals surface area (Å²) in [6.07, 6.45) is 13.7. The van der Waals surface area contributed by atoms with Crippen molar-refractivity contribution in [3.05, 3.63) is 34.5 Å². The Hall–Kier alpha value is -1.21. The lowest BCUT2D eigenvalue weighted by Gasteiger charge is -2.45. The molecule has 0 bridgehead atoms. The van der Waals surface area contributed by atoms with Gasteiger partial charge in [-0.2, -0.15) is 0 Å². The van der Waals surface area contributed by atoms with Crippen molar-refractivity contribution >= 4 is 17.3 Å². The van der Waals surface area contributed by atoms with Crippen molar-refractivity contribution in [3.8, 4) is 0 Å². The molecule has 32 heavy (non-hydrogen) atoms. The average Bonchev–Trinajstić information content (AvgIpc) is 3.34. The van der Waals surface area contributed by atoms with Crippen LogP contribution in [0.15, 0.2) is 29.7 Å². The predicted molar refractivity (Wildman–Crippen MR) is 128 cm³/mol.